The van der Waals surface area contributed by atoms with Gasteiger partial charge >= 0.3 is 6.18 Å². The Hall–Kier alpha value is -2.82. The van der Waals surface area contributed by atoms with E-state index in [4.69, 9.17) is 0 Å². The second kappa shape index (κ2) is 6.16. The van der Waals surface area contributed by atoms with Crippen molar-refractivity contribution in [2.45, 2.75) is 11.1 Å². The van der Waals surface area contributed by atoms with Crippen LogP contribution in [0.25, 0.3) is 17.2 Å². The molecule has 0 atom stereocenters. The molecule has 26 heavy (non-hydrogen) atoms. The zero-order valence-corrected chi connectivity index (χ0v) is 13.9. The smallest absolute Gasteiger partial charge is 0.236 e. The summed E-state index contributed by atoms with van der Waals surface area (Å²) >= 11 is 0. The van der Waals surface area contributed by atoms with E-state index in [1.165, 1.54) is 24.3 Å². The number of sulfone groups is 1. The molecule has 0 bridgehead atoms. The number of nitrogens with zero attached hydrogens (tertiary/aromatic N) is 4. The summed E-state index contributed by atoms with van der Waals surface area (Å²) in [5.41, 5.74) is 0.184. The predicted molar refractivity (Wildman–Crippen MR) is 82.7 cm³/mol. The fraction of sp³-hybridized carbons (Fsp3) is 0.133. The van der Waals surface area contributed by atoms with Crippen molar-refractivity contribution >= 4 is 9.84 Å². The first kappa shape index (κ1) is 18.0. The molecule has 0 radical (unpaired) electrons. The van der Waals surface area contributed by atoms with Crippen molar-refractivity contribution in [3.63, 3.8) is 0 Å². The first-order valence-electron chi connectivity index (χ1n) is 7.02. The minimum absolute atomic E-state index is 0.0697. The minimum Gasteiger partial charge on any atom is -0.236 e. The van der Waals surface area contributed by atoms with Crippen molar-refractivity contribution in [3.8, 4) is 17.2 Å². The Kier molecular flexibility index (Phi) is 4.26. The van der Waals surface area contributed by atoms with E-state index in [2.05, 4.69) is 15.1 Å². The van der Waals surface area contributed by atoms with Gasteiger partial charge in [0.25, 0.3) is 5.82 Å². The Morgan fingerprint density at radius 3 is 2.19 bits per heavy atom. The van der Waals surface area contributed by atoms with E-state index in [9.17, 15) is 26.0 Å². The average Bonchev–Trinajstić information content (AvgIpc) is 3.00. The molecule has 0 saturated carbocycles. The van der Waals surface area contributed by atoms with Gasteiger partial charge in [-0.15, -0.1) is 5.10 Å². The normalized spacial score (nSPS) is 12.3. The van der Waals surface area contributed by atoms with Crippen LogP contribution in [0.3, 0.4) is 0 Å². The summed E-state index contributed by atoms with van der Waals surface area (Å²) in [6, 6.07) is 7.05. The third-order valence-corrected chi connectivity index (χ3v) is 4.43. The molecule has 0 aliphatic carbocycles. The van der Waals surface area contributed by atoms with Crippen molar-refractivity contribution in [1.29, 1.82) is 0 Å². The number of benzene rings is 1. The van der Waals surface area contributed by atoms with Crippen LogP contribution in [-0.2, 0) is 16.0 Å². The summed E-state index contributed by atoms with van der Waals surface area (Å²) in [6.07, 6.45) is -2.81. The molecule has 0 unspecified atom stereocenters. The van der Waals surface area contributed by atoms with E-state index in [0.717, 1.165) is 29.3 Å². The summed E-state index contributed by atoms with van der Waals surface area (Å²) in [4.78, 5) is 7.23. The van der Waals surface area contributed by atoms with Gasteiger partial charge < -0.3 is 0 Å². The van der Waals surface area contributed by atoms with Gasteiger partial charge in [-0.1, -0.05) is 0 Å². The highest BCUT2D eigenvalue weighted by atomic mass is 32.2. The number of aromatic nitrogens is 4. The molecular weight excluding hydrogens is 376 g/mol. The van der Waals surface area contributed by atoms with E-state index in [0.29, 0.717) is 0 Å². The number of hydrogen-bond donors (Lipinski definition) is 0. The Morgan fingerprint density at radius 2 is 1.69 bits per heavy atom. The van der Waals surface area contributed by atoms with Gasteiger partial charge in [-0.3, -0.25) is 0 Å². The molecule has 0 saturated heterocycles. The van der Waals surface area contributed by atoms with Gasteiger partial charge in [0.15, 0.2) is 21.5 Å². The van der Waals surface area contributed by atoms with Crippen molar-refractivity contribution < 1.29 is 26.0 Å². The molecule has 2 aromatic heterocycles. The summed E-state index contributed by atoms with van der Waals surface area (Å²) in [7, 11) is -3.52. The third-order valence-electron chi connectivity index (χ3n) is 3.33. The van der Waals surface area contributed by atoms with E-state index in [-0.39, 0.29) is 22.1 Å². The van der Waals surface area contributed by atoms with Crippen molar-refractivity contribution in [2.75, 3.05) is 6.26 Å². The van der Waals surface area contributed by atoms with Gasteiger partial charge in [0, 0.05) is 18.0 Å². The van der Waals surface area contributed by atoms with Crippen LogP contribution in [0.5, 0.6) is 0 Å². The number of halogens is 4. The molecule has 0 fully saturated rings. The predicted octanol–water partition coefficient (Wildman–Crippen LogP) is 2.89. The van der Waals surface area contributed by atoms with Crippen molar-refractivity contribution in [1.82, 2.24) is 19.7 Å². The van der Waals surface area contributed by atoms with Gasteiger partial charge in [-0.2, -0.15) is 17.9 Å². The maximum Gasteiger partial charge on any atom is 0.453 e. The molecule has 6 nitrogen and oxygen atoms in total. The van der Waals surface area contributed by atoms with Crippen LogP contribution >= 0.6 is 0 Å². The molecule has 2 heterocycles. The molecule has 0 N–H and O–H groups in total. The molecule has 136 valence electrons. The number of rotatable bonds is 3. The van der Waals surface area contributed by atoms with E-state index in [1.54, 1.807) is 0 Å². The van der Waals surface area contributed by atoms with Gasteiger partial charge in [0.1, 0.15) is 5.82 Å². The highest BCUT2D eigenvalue weighted by Crippen LogP contribution is 2.30. The monoisotopic (exact) mass is 386 g/mol. The minimum atomic E-state index is -4.80. The number of hydrogen-bond acceptors (Lipinski definition) is 5. The Balaban J connectivity index is 2.16. The van der Waals surface area contributed by atoms with Crippen molar-refractivity contribution in [3.05, 3.63) is 54.2 Å². The van der Waals surface area contributed by atoms with E-state index in [1.807, 2.05) is 0 Å². The van der Waals surface area contributed by atoms with Gasteiger partial charge in [0.05, 0.1) is 4.90 Å². The van der Waals surface area contributed by atoms with Crippen LogP contribution < -0.4 is 0 Å². The van der Waals surface area contributed by atoms with Crippen LogP contribution in [0.2, 0.25) is 0 Å². The third kappa shape index (κ3) is 3.57. The zero-order chi connectivity index (χ0) is 19.1. The summed E-state index contributed by atoms with van der Waals surface area (Å²) in [5, 5.41) is 3.42. The first-order valence-corrected chi connectivity index (χ1v) is 8.91. The fourth-order valence-electron chi connectivity index (χ4n) is 2.09. The molecule has 0 amide bonds. The largest absolute Gasteiger partial charge is 0.453 e. The molecule has 3 aromatic rings. The summed E-state index contributed by atoms with van der Waals surface area (Å²) in [6.45, 7) is 0. The molecular formula is C15H10F4N4O2S. The van der Waals surface area contributed by atoms with Crippen molar-refractivity contribution in [2.24, 2.45) is 0 Å². The lowest BCUT2D eigenvalue weighted by molar-refractivity contribution is -0.144. The maximum atomic E-state index is 13.1. The van der Waals surface area contributed by atoms with Gasteiger partial charge in [-0.05, 0) is 36.4 Å². The molecule has 0 aliphatic heterocycles. The summed E-state index contributed by atoms with van der Waals surface area (Å²) in [5.74, 6) is -2.24. The number of pyridine rings is 1. The first-order chi connectivity index (χ1) is 12.1. The number of alkyl halides is 3. The quantitative estimate of drug-likeness (QED) is 0.647. The fourth-order valence-corrected chi connectivity index (χ4v) is 2.65. The lowest BCUT2D eigenvalue weighted by Crippen LogP contribution is -2.09. The second-order valence-corrected chi connectivity index (χ2v) is 7.32. The molecule has 3 rings (SSSR count). The van der Waals surface area contributed by atoms with Gasteiger partial charge in [0.2, 0.25) is 0 Å². The average molecular weight is 386 g/mol. The lowest BCUT2D eigenvalue weighted by atomic mass is 10.2. The van der Waals surface area contributed by atoms with E-state index < -0.39 is 27.7 Å². The highest BCUT2D eigenvalue weighted by molar-refractivity contribution is 7.90. The Morgan fingerprint density at radius 1 is 1.04 bits per heavy atom. The SMILES string of the molecule is CS(=O)(=O)c1ccc(-n2nc(C(F)(F)F)nc2-c2ccc(F)cc2)nc1. The van der Waals surface area contributed by atoms with Crippen LogP contribution in [-0.4, -0.2) is 34.4 Å². The van der Waals surface area contributed by atoms with E-state index >= 15 is 0 Å². The lowest BCUT2D eigenvalue weighted by Gasteiger charge is -2.06. The van der Waals surface area contributed by atoms with Crippen LogP contribution in [0.1, 0.15) is 5.82 Å². The molecule has 0 spiro atoms. The van der Waals surface area contributed by atoms with Crippen LogP contribution in [0.4, 0.5) is 17.6 Å². The van der Waals surface area contributed by atoms with Crippen LogP contribution in [0, 0.1) is 5.82 Å². The topological polar surface area (TPSA) is 77.7 Å². The highest BCUT2D eigenvalue weighted by Gasteiger charge is 2.37. The second-order valence-electron chi connectivity index (χ2n) is 5.30. The molecule has 0 aliphatic rings. The van der Waals surface area contributed by atoms with Crippen LogP contribution in [0.15, 0.2) is 47.5 Å². The standard InChI is InChI=1S/C15H10F4N4O2S/c1-26(24,25)11-6-7-12(20-8-11)23-13(9-2-4-10(16)5-3-9)21-14(22-23)15(17,18)19/h2-8H,1H3. The molecule has 1 aromatic carbocycles. The maximum absolute atomic E-state index is 13.1. The Bertz CT molecular complexity index is 1040. The summed E-state index contributed by atoms with van der Waals surface area (Å²) < 4.78 is 75.9. The zero-order valence-electron chi connectivity index (χ0n) is 13.1. The Labute approximate surface area is 145 Å². The van der Waals surface area contributed by atoms with Gasteiger partial charge in [-0.25, -0.2) is 22.8 Å². The molecule has 11 heteroatoms.